The molecule has 0 aromatic heterocycles. The van der Waals surface area contributed by atoms with Crippen molar-refractivity contribution in [2.24, 2.45) is 4.99 Å². The summed E-state index contributed by atoms with van der Waals surface area (Å²) in [4.78, 5) is 9.80. The third-order valence-electron chi connectivity index (χ3n) is 6.14. The van der Waals surface area contributed by atoms with Gasteiger partial charge in [-0.15, -0.1) is 0 Å². The molecule has 0 saturated carbocycles. The van der Waals surface area contributed by atoms with Gasteiger partial charge in [-0.25, -0.2) is 4.99 Å². The molecule has 1 atom stereocenters. The van der Waals surface area contributed by atoms with Gasteiger partial charge in [0.25, 0.3) is 0 Å². The number of rotatable bonds is 9. The maximum absolute atomic E-state index is 6.08. The van der Waals surface area contributed by atoms with Crippen LogP contribution in [0.25, 0.3) is 0 Å². The van der Waals surface area contributed by atoms with Crippen molar-refractivity contribution in [3.63, 3.8) is 0 Å². The van der Waals surface area contributed by atoms with Crippen LogP contribution >= 0.6 is 0 Å². The van der Waals surface area contributed by atoms with Gasteiger partial charge in [0.2, 0.25) is 0 Å². The normalized spacial score (nSPS) is 21.2. The van der Waals surface area contributed by atoms with Crippen LogP contribution in [0.3, 0.4) is 0 Å². The Bertz CT molecular complexity index is 660. The van der Waals surface area contributed by atoms with Gasteiger partial charge in [-0.1, -0.05) is 31.2 Å². The van der Waals surface area contributed by atoms with Crippen LogP contribution in [0, 0.1) is 0 Å². The van der Waals surface area contributed by atoms with E-state index in [1.54, 1.807) is 0 Å². The average Bonchev–Trinajstić information content (AvgIpc) is 3.23. The summed E-state index contributed by atoms with van der Waals surface area (Å²) in [5.74, 6) is 0.990. The zero-order valence-corrected chi connectivity index (χ0v) is 19.1. The second kappa shape index (κ2) is 12.3. The van der Waals surface area contributed by atoms with Crippen LogP contribution in [-0.2, 0) is 22.6 Å². The Labute approximate surface area is 182 Å². The summed E-state index contributed by atoms with van der Waals surface area (Å²) in [6.07, 6.45) is 4.92. The molecule has 0 aliphatic carbocycles. The predicted octanol–water partition coefficient (Wildman–Crippen LogP) is 3.26. The Morgan fingerprint density at radius 2 is 2.03 bits per heavy atom. The van der Waals surface area contributed by atoms with Crippen molar-refractivity contribution in [2.75, 3.05) is 46.4 Å². The number of likely N-dealkylation sites (tertiary alicyclic amines) is 1. The van der Waals surface area contributed by atoms with E-state index in [0.717, 1.165) is 51.6 Å². The lowest BCUT2D eigenvalue weighted by Crippen LogP contribution is -2.45. The molecule has 0 bridgehead atoms. The number of nitrogens with one attached hydrogen (secondary N) is 1. The van der Waals surface area contributed by atoms with Gasteiger partial charge < -0.3 is 19.7 Å². The fraction of sp³-hybridized carbons (Fsp3) is 0.708. The summed E-state index contributed by atoms with van der Waals surface area (Å²) in [6, 6.07) is 9.27. The predicted molar refractivity (Wildman–Crippen MR) is 123 cm³/mol. The minimum Gasteiger partial charge on any atom is -0.381 e. The Balaban J connectivity index is 1.55. The quantitative estimate of drug-likeness (QED) is 0.495. The van der Waals surface area contributed by atoms with E-state index in [-0.39, 0.29) is 0 Å². The summed E-state index contributed by atoms with van der Waals surface area (Å²) in [5.41, 5.74) is 2.44. The van der Waals surface area contributed by atoms with Gasteiger partial charge in [-0.05, 0) is 56.8 Å². The molecular formula is C24H40N4O2. The van der Waals surface area contributed by atoms with E-state index in [1.165, 1.54) is 30.5 Å². The van der Waals surface area contributed by atoms with Crippen LogP contribution in [0.4, 0.5) is 0 Å². The van der Waals surface area contributed by atoms with Crippen molar-refractivity contribution in [2.45, 2.75) is 64.8 Å². The number of aliphatic imine (C=N–C) groups is 1. The second-order valence-electron chi connectivity index (χ2n) is 8.42. The molecule has 2 aliphatic rings. The molecule has 0 spiro atoms. The highest BCUT2D eigenvalue weighted by Crippen LogP contribution is 2.18. The van der Waals surface area contributed by atoms with Crippen LogP contribution in [0.5, 0.6) is 0 Å². The van der Waals surface area contributed by atoms with Crippen molar-refractivity contribution in [3.8, 4) is 0 Å². The van der Waals surface area contributed by atoms with E-state index in [9.17, 15) is 0 Å². The Hall–Kier alpha value is -1.63. The lowest BCUT2D eigenvalue weighted by atomic mass is 10.1. The molecule has 1 aromatic carbocycles. The Kier molecular flexibility index (Phi) is 9.43. The van der Waals surface area contributed by atoms with E-state index in [1.807, 2.05) is 0 Å². The highest BCUT2D eigenvalue weighted by molar-refractivity contribution is 5.79. The summed E-state index contributed by atoms with van der Waals surface area (Å²) in [5, 5.41) is 3.46. The topological polar surface area (TPSA) is 49.3 Å². The lowest BCUT2D eigenvalue weighted by Gasteiger charge is -2.29. The zero-order chi connectivity index (χ0) is 21.2. The molecule has 6 heteroatoms. The SMILES string of the molecule is CCNC(=NCc1cccc(COC2CCOCC2)c1)N(C)CC1CCCN1CC. The van der Waals surface area contributed by atoms with E-state index >= 15 is 0 Å². The van der Waals surface area contributed by atoms with Gasteiger partial charge in [0, 0.05) is 39.4 Å². The molecule has 3 rings (SSSR count). The molecule has 2 saturated heterocycles. The number of nitrogens with zero attached hydrogens (tertiary/aromatic N) is 3. The number of hydrogen-bond donors (Lipinski definition) is 1. The van der Waals surface area contributed by atoms with Crippen LogP contribution in [0.1, 0.15) is 50.7 Å². The first-order valence-electron chi connectivity index (χ1n) is 11.7. The summed E-state index contributed by atoms with van der Waals surface area (Å²) in [7, 11) is 2.16. The van der Waals surface area contributed by atoms with Crippen LogP contribution in [0.15, 0.2) is 29.3 Å². The molecule has 0 radical (unpaired) electrons. The molecule has 2 heterocycles. The van der Waals surface area contributed by atoms with Crippen LogP contribution in [-0.4, -0.2) is 74.3 Å². The summed E-state index contributed by atoms with van der Waals surface area (Å²) >= 11 is 0. The van der Waals surface area contributed by atoms with Gasteiger partial charge in [-0.2, -0.15) is 0 Å². The minimum absolute atomic E-state index is 0.327. The first-order valence-corrected chi connectivity index (χ1v) is 11.7. The van der Waals surface area contributed by atoms with E-state index in [2.05, 4.69) is 60.3 Å². The number of likely N-dealkylation sites (N-methyl/N-ethyl adjacent to an activating group) is 2. The fourth-order valence-electron chi connectivity index (χ4n) is 4.43. The van der Waals surface area contributed by atoms with Crippen LogP contribution in [0.2, 0.25) is 0 Å². The number of ether oxygens (including phenoxy) is 2. The monoisotopic (exact) mass is 416 g/mol. The number of benzene rings is 1. The molecule has 0 amide bonds. The van der Waals surface area contributed by atoms with Crippen molar-refractivity contribution in [1.29, 1.82) is 0 Å². The lowest BCUT2D eigenvalue weighted by molar-refractivity contribution is -0.0390. The molecular weight excluding hydrogens is 376 g/mol. The summed E-state index contributed by atoms with van der Waals surface area (Å²) < 4.78 is 11.5. The fourth-order valence-corrected chi connectivity index (χ4v) is 4.43. The van der Waals surface area contributed by atoms with E-state index in [4.69, 9.17) is 14.5 Å². The minimum atomic E-state index is 0.327. The zero-order valence-electron chi connectivity index (χ0n) is 19.1. The number of guanidine groups is 1. The molecule has 1 N–H and O–H groups in total. The van der Waals surface area contributed by atoms with E-state index in [0.29, 0.717) is 25.3 Å². The van der Waals surface area contributed by atoms with E-state index < -0.39 is 0 Å². The maximum Gasteiger partial charge on any atom is 0.194 e. The van der Waals surface area contributed by atoms with Crippen molar-refractivity contribution in [1.82, 2.24) is 15.1 Å². The molecule has 1 unspecified atom stereocenters. The van der Waals surface area contributed by atoms with Crippen molar-refractivity contribution in [3.05, 3.63) is 35.4 Å². The van der Waals surface area contributed by atoms with Gasteiger partial charge in [0.1, 0.15) is 0 Å². The van der Waals surface area contributed by atoms with Crippen molar-refractivity contribution >= 4 is 5.96 Å². The van der Waals surface area contributed by atoms with Gasteiger partial charge in [0.15, 0.2) is 5.96 Å². The Morgan fingerprint density at radius 3 is 2.80 bits per heavy atom. The molecule has 1 aromatic rings. The smallest absolute Gasteiger partial charge is 0.194 e. The first kappa shape index (κ1) is 23.0. The van der Waals surface area contributed by atoms with Gasteiger partial charge in [-0.3, -0.25) is 4.90 Å². The second-order valence-corrected chi connectivity index (χ2v) is 8.42. The largest absolute Gasteiger partial charge is 0.381 e. The molecule has 168 valence electrons. The highest BCUT2D eigenvalue weighted by Gasteiger charge is 2.25. The summed E-state index contributed by atoms with van der Waals surface area (Å²) in [6.45, 7) is 11.6. The highest BCUT2D eigenvalue weighted by atomic mass is 16.5. The molecule has 2 aliphatic heterocycles. The van der Waals surface area contributed by atoms with Gasteiger partial charge in [0.05, 0.1) is 19.3 Å². The first-order chi connectivity index (χ1) is 14.7. The van der Waals surface area contributed by atoms with Crippen molar-refractivity contribution < 1.29 is 9.47 Å². The third-order valence-corrected chi connectivity index (χ3v) is 6.14. The molecule has 30 heavy (non-hydrogen) atoms. The Morgan fingerprint density at radius 1 is 1.23 bits per heavy atom. The van der Waals surface area contributed by atoms with Gasteiger partial charge >= 0.3 is 0 Å². The molecule has 2 fully saturated rings. The average molecular weight is 417 g/mol. The number of hydrogen-bond acceptors (Lipinski definition) is 4. The third kappa shape index (κ3) is 6.96. The molecule has 6 nitrogen and oxygen atoms in total. The maximum atomic E-state index is 6.08. The standard InChI is InChI=1S/C24H40N4O2/c1-4-25-24(27(3)18-22-10-7-13-28(22)5-2)26-17-20-8-6-9-21(16-20)19-30-23-11-14-29-15-12-23/h6,8-9,16,22-23H,4-5,7,10-15,17-19H2,1-3H3,(H,25,26). The van der Waals surface area contributed by atoms with Crippen LogP contribution < -0.4 is 5.32 Å².